The lowest BCUT2D eigenvalue weighted by atomic mass is 10.1. The van der Waals surface area contributed by atoms with Crippen LogP contribution in [0.1, 0.15) is 40.8 Å². The van der Waals surface area contributed by atoms with E-state index in [1.54, 1.807) is 0 Å². The highest BCUT2D eigenvalue weighted by Gasteiger charge is 2.21. The van der Waals surface area contributed by atoms with E-state index in [1.807, 2.05) is 44.2 Å². The number of alkyl halides is 1. The molecule has 20 heavy (non-hydrogen) atoms. The third-order valence-corrected chi connectivity index (χ3v) is 3.83. The average Bonchev–Trinajstić information content (AvgIpc) is 2.47. The van der Waals surface area contributed by atoms with Gasteiger partial charge in [0.25, 0.3) is 5.56 Å². The van der Waals surface area contributed by atoms with Crippen LogP contribution in [-0.4, -0.2) is 15.6 Å². The van der Waals surface area contributed by atoms with Crippen LogP contribution >= 0.6 is 15.9 Å². The van der Waals surface area contributed by atoms with Crippen LogP contribution in [0.3, 0.4) is 0 Å². The number of hydrogen-bond acceptors (Lipinski definition) is 3. The van der Waals surface area contributed by atoms with Gasteiger partial charge in [0.2, 0.25) is 5.78 Å². The van der Waals surface area contributed by atoms with Gasteiger partial charge in [0.05, 0.1) is 6.04 Å². The van der Waals surface area contributed by atoms with Crippen molar-refractivity contribution >= 4 is 21.7 Å². The molecule has 0 saturated heterocycles. The highest BCUT2D eigenvalue weighted by atomic mass is 79.9. The molecule has 1 heterocycles. The first-order chi connectivity index (χ1) is 9.50. The molecular weight excluding hydrogens is 320 g/mol. The van der Waals surface area contributed by atoms with Crippen molar-refractivity contribution in [1.29, 1.82) is 0 Å². The molecule has 1 aromatic heterocycles. The first kappa shape index (κ1) is 14.7. The Morgan fingerprint density at radius 1 is 1.15 bits per heavy atom. The van der Waals surface area contributed by atoms with Crippen molar-refractivity contribution in [3.05, 3.63) is 64.1 Å². The Labute approximate surface area is 125 Å². The zero-order chi connectivity index (χ0) is 14.7. The lowest BCUT2D eigenvalue weighted by molar-refractivity contribution is 0.0984. The van der Waals surface area contributed by atoms with Crippen molar-refractivity contribution in [2.75, 3.05) is 0 Å². The fraction of sp³-hybridized carbons (Fsp3) is 0.267. The standard InChI is InChI=1S/C15H15BrN2O2/c1-10(2)18-13(19)9-8-12(17-18)15(20)14(16)11-6-4-3-5-7-11/h3-10,14H,1-2H3. The molecule has 0 N–H and O–H groups in total. The van der Waals surface area contributed by atoms with Gasteiger partial charge in [-0.25, -0.2) is 4.68 Å². The Morgan fingerprint density at radius 2 is 1.80 bits per heavy atom. The minimum Gasteiger partial charge on any atom is -0.291 e. The summed E-state index contributed by atoms with van der Waals surface area (Å²) in [6, 6.07) is 12.2. The predicted octanol–water partition coefficient (Wildman–Crippen LogP) is 3.14. The first-order valence-corrected chi connectivity index (χ1v) is 7.25. The molecule has 0 aliphatic carbocycles. The summed E-state index contributed by atoms with van der Waals surface area (Å²) in [5.74, 6) is -0.161. The van der Waals surface area contributed by atoms with Gasteiger partial charge < -0.3 is 0 Å². The van der Waals surface area contributed by atoms with Crippen LogP contribution in [0.25, 0.3) is 0 Å². The predicted molar refractivity (Wildman–Crippen MR) is 81.3 cm³/mol. The van der Waals surface area contributed by atoms with Crippen molar-refractivity contribution in [2.24, 2.45) is 0 Å². The van der Waals surface area contributed by atoms with Crippen LogP contribution < -0.4 is 5.56 Å². The number of benzene rings is 1. The highest BCUT2D eigenvalue weighted by molar-refractivity contribution is 9.09. The number of halogens is 1. The van der Waals surface area contributed by atoms with Gasteiger partial charge in [0.1, 0.15) is 10.5 Å². The number of rotatable bonds is 4. The highest BCUT2D eigenvalue weighted by Crippen LogP contribution is 2.25. The minimum absolute atomic E-state index is 0.0826. The maximum atomic E-state index is 12.4. The van der Waals surface area contributed by atoms with Crippen LogP contribution in [0, 0.1) is 0 Å². The second-order valence-corrected chi connectivity index (χ2v) is 5.65. The normalized spacial score (nSPS) is 12.4. The van der Waals surface area contributed by atoms with Gasteiger partial charge in [-0.15, -0.1) is 0 Å². The van der Waals surface area contributed by atoms with E-state index in [0.717, 1.165) is 5.56 Å². The Balaban J connectivity index is 2.34. The zero-order valence-corrected chi connectivity index (χ0v) is 12.9. The Bertz CT molecular complexity index is 665. The van der Waals surface area contributed by atoms with Gasteiger partial charge in [0, 0.05) is 6.07 Å². The quantitative estimate of drug-likeness (QED) is 0.637. The second-order valence-electron chi connectivity index (χ2n) is 4.73. The van der Waals surface area contributed by atoms with E-state index in [2.05, 4.69) is 21.0 Å². The third-order valence-electron chi connectivity index (χ3n) is 2.89. The van der Waals surface area contributed by atoms with E-state index >= 15 is 0 Å². The number of carbonyl (C=O) groups excluding carboxylic acids is 1. The Morgan fingerprint density at radius 3 is 2.40 bits per heavy atom. The topological polar surface area (TPSA) is 52.0 Å². The summed E-state index contributed by atoms with van der Waals surface area (Å²) in [4.78, 5) is 23.6. The van der Waals surface area contributed by atoms with Crippen molar-refractivity contribution in [3.8, 4) is 0 Å². The molecule has 1 aromatic carbocycles. The number of ketones is 1. The molecule has 2 aromatic rings. The smallest absolute Gasteiger partial charge is 0.267 e. The lowest BCUT2D eigenvalue weighted by Crippen LogP contribution is -2.26. The molecule has 1 atom stereocenters. The fourth-order valence-corrected chi connectivity index (χ4v) is 2.37. The molecule has 2 rings (SSSR count). The summed E-state index contributed by atoms with van der Waals surface area (Å²) in [6.07, 6.45) is 0. The van der Waals surface area contributed by atoms with E-state index in [1.165, 1.54) is 16.8 Å². The number of nitrogens with zero attached hydrogens (tertiary/aromatic N) is 2. The fourth-order valence-electron chi connectivity index (χ4n) is 1.83. The molecule has 4 nitrogen and oxygen atoms in total. The third kappa shape index (κ3) is 3.04. The molecule has 0 fully saturated rings. The first-order valence-electron chi connectivity index (χ1n) is 6.34. The van der Waals surface area contributed by atoms with Gasteiger partial charge in [-0.1, -0.05) is 46.3 Å². The zero-order valence-electron chi connectivity index (χ0n) is 11.3. The number of hydrogen-bond donors (Lipinski definition) is 0. The van der Waals surface area contributed by atoms with Crippen molar-refractivity contribution in [2.45, 2.75) is 24.7 Å². The van der Waals surface area contributed by atoms with Crippen molar-refractivity contribution in [1.82, 2.24) is 9.78 Å². The number of aromatic nitrogens is 2. The molecule has 0 aliphatic rings. The lowest BCUT2D eigenvalue weighted by Gasteiger charge is -2.12. The molecule has 5 heteroatoms. The van der Waals surface area contributed by atoms with E-state index in [4.69, 9.17) is 0 Å². The van der Waals surface area contributed by atoms with Crippen LogP contribution in [0.5, 0.6) is 0 Å². The molecule has 0 saturated carbocycles. The minimum atomic E-state index is -0.464. The van der Waals surface area contributed by atoms with Crippen LogP contribution in [0.15, 0.2) is 47.3 Å². The summed E-state index contributed by atoms with van der Waals surface area (Å²) >= 11 is 3.39. The number of carbonyl (C=O) groups is 1. The average molecular weight is 335 g/mol. The van der Waals surface area contributed by atoms with Crippen LogP contribution in [0.4, 0.5) is 0 Å². The molecule has 0 spiro atoms. The maximum absolute atomic E-state index is 12.4. The van der Waals surface area contributed by atoms with Gasteiger partial charge in [-0.3, -0.25) is 9.59 Å². The molecule has 0 aliphatic heterocycles. The van der Waals surface area contributed by atoms with E-state index in [9.17, 15) is 9.59 Å². The Kier molecular flexibility index (Phi) is 4.49. The van der Waals surface area contributed by atoms with Crippen molar-refractivity contribution in [3.63, 3.8) is 0 Å². The van der Waals surface area contributed by atoms with Gasteiger partial charge in [0.15, 0.2) is 0 Å². The van der Waals surface area contributed by atoms with Crippen LogP contribution in [0.2, 0.25) is 0 Å². The monoisotopic (exact) mass is 334 g/mol. The molecule has 0 bridgehead atoms. The summed E-state index contributed by atoms with van der Waals surface area (Å²) < 4.78 is 1.32. The van der Waals surface area contributed by atoms with Gasteiger partial charge in [-0.05, 0) is 25.5 Å². The van der Waals surface area contributed by atoms with E-state index < -0.39 is 4.83 Å². The van der Waals surface area contributed by atoms with Crippen molar-refractivity contribution < 1.29 is 4.79 Å². The largest absolute Gasteiger partial charge is 0.291 e. The summed E-state index contributed by atoms with van der Waals surface area (Å²) in [5.41, 5.74) is 0.938. The summed E-state index contributed by atoms with van der Waals surface area (Å²) in [7, 11) is 0. The second kappa shape index (κ2) is 6.13. The van der Waals surface area contributed by atoms with Gasteiger partial charge in [-0.2, -0.15) is 5.10 Å². The number of Topliss-reactive ketones (excluding diaryl/α,β-unsaturated/α-hetero) is 1. The van der Waals surface area contributed by atoms with Crippen LogP contribution in [-0.2, 0) is 0 Å². The van der Waals surface area contributed by atoms with Gasteiger partial charge >= 0.3 is 0 Å². The Hall–Kier alpha value is -1.75. The van der Waals surface area contributed by atoms with E-state index in [0.29, 0.717) is 0 Å². The molecule has 1 unspecified atom stereocenters. The summed E-state index contributed by atoms with van der Waals surface area (Å²) in [6.45, 7) is 3.71. The molecule has 0 amide bonds. The maximum Gasteiger partial charge on any atom is 0.267 e. The summed E-state index contributed by atoms with van der Waals surface area (Å²) in [5, 5.41) is 4.14. The molecular formula is C15H15BrN2O2. The SMILES string of the molecule is CC(C)n1nc(C(=O)C(Br)c2ccccc2)ccc1=O. The molecule has 104 valence electrons. The van der Waals surface area contributed by atoms with E-state index in [-0.39, 0.29) is 23.1 Å². The molecule has 0 radical (unpaired) electrons.